The molecule has 0 heterocycles. The standard InChI is InChI=1S/C16H25N3O.HI/c1-12-8-13(2)10-14(9-12)19-15(17)18-11-16(4-5-16)6-7-20-3;/h8-10H,4-7,11H2,1-3H3,(H3,17,18,19);1H. The Morgan fingerprint density at radius 3 is 2.43 bits per heavy atom. The molecule has 1 aliphatic carbocycles. The van der Waals surface area contributed by atoms with E-state index in [2.05, 4.69) is 42.4 Å². The fourth-order valence-corrected chi connectivity index (χ4v) is 2.47. The fraction of sp³-hybridized carbons (Fsp3) is 0.562. The molecule has 21 heavy (non-hydrogen) atoms. The number of guanidine groups is 1. The van der Waals surface area contributed by atoms with E-state index in [0.29, 0.717) is 11.4 Å². The van der Waals surface area contributed by atoms with Crippen molar-refractivity contribution in [3.8, 4) is 0 Å². The first-order valence-corrected chi connectivity index (χ1v) is 7.17. The van der Waals surface area contributed by atoms with Crippen molar-refractivity contribution in [3.63, 3.8) is 0 Å². The Morgan fingerprint density at radius 2 is 1.90 bits per heavy atom. The molecule has 1 saturated carbocycles. The number of nitrogens with one attached hydrogen (secondary N) is 1. The van der Waals surface area contributed by atoms with Crippen LogP contribution in [0.2, 0.25) is 0 Å². The summed E-state index contributed by atoms with van der Waals surface area (Å²) in [6.07, 6.45) is 3.54. The van der Waals surface area contributed by atoms with Crippen molar-refractivity contribution in [1.82, 2.24) is 0 Å². The van der Waals surface area contributed by atoms with Crippen LogP contribution in [0.5, 0.6) is 0 Å². The van der Waals surface area contributed by atoms with E-state index >= 15 is 0 Å². The maximum atomic E-state index is 5.98. The molecule has 5 heteroatoms. The van der Waals surface area contributed by atoms with E-state index in [-0.39, 0.29) is 24.0 Å². The summed E-state index contributed by atoms with van der Waals surface area (Å²) in [5.74, 6) is 0.499. The number of hydrogen-bond acceptors (Lipinski definition) is 2. The highest BCUT2D eigenvalue weighted by atomic mass is 127. The van der Waals surface area contributed by atoms with Crippen molar-refractivity contribution in [2.75, 3.05) is 25.6 Å². The number of nitrogens with two attached hydrogens (primary N) is 1. The second kappa shape index (κ2) is 7.98. The minimum absolute atomic E-state index is 0. The van der Waals surface area contributed by atoms with Gasteiger partial charge in [0.05, 0.1) is 0 Å². The number of aliphatic imine (C=N–C) groups is 1. The summed E-state index contributed by atoms with van der Waals surface area (Å²) >= 11 is 0. The number of halogens is 1. The van der Waals surface area contributed by atoms with Gasteiger partial charge in [-0.25, -0.2) is 0 Å². The number of ether oxygens (including phenoxy) is 1. The van der Waals surface area contributed by atoms with Gasteiger partial charge in [-0.1, -0.05) is 6.07 Å². The zero-order valence-electron chi connectivity index (χ0n) is 13.1. The van der Waals surface area contributed by atoms with Crippen molar-refractivity contribution in [2.24, 2.45) is 16.1 Å². The summed E-state index contributed by atoms with van der Waals surface area (Å²) in [6.45, 7) is 5.75. The first-order chi connectivity index (χ1) is 9.53. The molecule has 1 aromatic rings. The molecule has 0 atom stereocenters. The Balaban J connectivity index is 0.00000220. The average molecular weight is 403 g/mol. The van der Waals surface area contributed by atoms with Crippen LogP contribution in [0.1, 0.15) is 30.4 Å². The number of rotatable bonds is 6. The van der Waals surface area contributed by atoms with Crippen LogP contribution >= 0.6 is 24.0 Å². The molecule has 1 aromatic carbocycles. The minimum atomic E-state index is 0. The lowest BCUT2D eigenvalue weighted by molar-refractivity contribution is 0.174. The molecule has 0 aliphatic heterocycles. The lowest BCUT2D eigenvalue weighted by Crippen LogP contribution is -2.24. The molecule has 1 fully saturated rings. The monoisotopic (exact) mass is 403 g/mol. The lowest BCUT2D eigenvalue weighted by Gasteiger charge is -2.13. The van der Waals surface area contributed by atoms with Crippen molar-refractivity contribution in [3.05, 3.63) is 29.3 Å². The molecule has 2 rings (SSSR count). The lowest BCUT2D eigenvalue weighted by atomic mass is 10.0. The minimum Gasteiger partial charge on any atom is -0.385 e. The van der Waals surface area contributed by atoms with E-state index in [4.69, 9.17) is 10.5 Å². The Labute approximate surface area is 144 Å². The van der Waals surface area contributed by atoms with Crippen molar-refractivity contribution in [1.29, 1.82) is 0 Å². The van der Waals surface area contributed by atoms with Crippen LogP contribution in [0.3, 0.4) is 0 Å². The predicted molar refractivity (Wildman–Crippen MR) is 99.6 cm³/mol. The van der Waals surface area contributed by atoms with Gasteiger partial charge in [0.25, 0.3) is 0 Å². The molecular formula is C16H26IN3O. The maximum absolute atomic E-state index is 5.98. The van der Waals surface area contributed by atoms with Gasteiger partial charge in [0.2, 0.25) is 0 Å². The van der Waals surface area contributed by atoms with E-state index < -0.39 is 0 Å². The molecule has 4 nitrogen and oxygen atoms in total. The summed E-state index contributed by atoms with van der Waals surface area (Å²) in [5, 5.41) is 3.18. The number of nitrogens with zero attached hydrogens (tertiary/aromatic N) is 1. The van der Waals surface area contributed by atoms with Gasteiger partial charge in [-0.2, -0.15) is 0 Å². The van der Waals surface area contributed by atoms with Gasteiger partial charge in [0, 0.05) is 25.9 Å². The highest BCUT2D eigenvalue weighted by Gasteiger charge is 2.41. The number of aryl methyl sites for hydroxylation is 2. The fourth-order valence-electron chi connectivity index (χ4n) is 2.47. The highest BCUT2D eigenvalue weighted by Crippen LogP contribution is 2.48. The van der Waals surface area contributed by atoms with Crippen LogP contribution in [0.15, 0.2) is 23.2 Å². The first kappa shape index (κ1) is 18.2. The Morgan fingerprint density at radius 1 is 1.29 bits per heavy atom. The molecule has 0 saturated heterocycles. The van der Waals surface area contributed by atoms with E-state index in [1.807, 2.05) is 0 Å². The van der Waals surface area contributed by atoms with Crippen LogP contribution in [-0.4, -0.2) is 26.2 Å². The number of methoxy groups -OCH3 is 1. The average Bonchev–Trinajstić information content (AvgIpc) is 3.13. The molecule has 0 spiro atoms. The number of hydrogen-bond donors (Lipinski definition) is 2. The zero-order chi connectivity index (χ0) is 14.6. The largest absolute Gasteiger partial charge is 0.385 e. The molecule has 0 bridgehead atoms. The van der Waals surface area contributed by atoms with E-state index in [0.717, 1.165) is 25.3 Å². The zero-order valence-corrected chi connectivity index (χ0v) is 15.4. The van der Waals surface area contributed by atoms with Gasteiger partial charge >= 0.3 is 0 Å². The van der Waals surface area contributed by atoms with Crippen LogP contribution < -0.4 is 11.1 Å². The molecular weight excluding hydrogens is 377 g/mol. The van der Waals surface area contributed by atoms with Crippen LogP contribution in [0.25, 0.3) is 0 Å². The third-order valence-corrected chi connectivity index (χ3v) is 3.87. The summed E-state index contributed by atoms with van der Waals surface area (Å²) < 4.78 is 5.15. The third kappa shape index (κ3) is 5.82. The number of benzene rings is 1. The molecule has 0 radical (unpaired) electrons. The first-order valence-electron chi connectivity index (χ1n) is 7.17. The quantitative estimate of drug-likeness (QED) is 0.435. The Hall–Kier alpha value is -0.820. The second-order valence-corrected chi connectivity index (χ2v) is 5.95. The summed E-state index contributed by atoms with van der Waals surface area (Å²) in [5.41, 5.74) is 9.76. The normalized spacial score (nSPS) is 16.2. The van der Waals surface area contributed by atoms with Crippen molar-refractivity contribution in [2.45, 2.75) is 33.1 Å². The molecule has 0 aromatic heterocycles. The van der Waals surface area contributed by atoms with Gasteiger partial charge in [-0.05, 0) is 61.8 Å². The Kier molecular flexibility index (Phi) is 6.93. The second-order valence-electron chi connectivity index (χ2n) is 5.95. The smallest absolute Gasteiger partial charge is 0.193 e. The van der Waals surface area contributed by atoms with Crippen LogP contribution in [-0.2, 0) is 4.74 Å². The number of anilines is 1. The molecule has 118 valence electrons. The van der Waals surface area contributed by atoms with E-state index in [9.17, 15) is 0 Å². The molecule has 1 aliphatic rings. The Bertz CT molecular complexity index is 478. The summed E-state index contributed by atoms with van der Waals surface area (Å²) in [4.78, 5) is 4.49. The molecule has 3 N–H and O–H groups in total. The third-order valence-electron chi connectivity index (χ3n) is 3.87. The van der Waals surface area contributed by atoms with E-state index in [1.165, 1.54) is 24.0 Å². The van der Waals surface area contributed by atoms with Gasteiger partial charge < -0.3 is 15.8 Å². The van der Waals surface area contributed by atoms with Gasteiger partial charge in [-0.3, -0.25) is 4.99 Å². The predicted octanol–water partition coefficient (Wildman–Crippen LogP) is 3.46. The van der Waals surface area contributed by atoms with E-state index in [1.54, 1.807) is 7.11 Å². The van der Waals surface area contributed by atoms with Gasteiger partial charge in [-0.15, -0.1) is 24.0 Å². The SMILES string of the molecule is COCCC1(CN=C(N)Nc2cc(C)cc(C)c2)CC1.I. The highest BCUT2D eigenvalue weighted by molar-refractivity contribution is 14.0. The summed E-state index contributed by atoms with van der Waals surface area (Å²) in [7, 11) is 1.75. The van der Waals surface area contributed by atoms with Gasteiger partial charge in [0.15, 0.2) is 5.96 Å². The van der Waals surface area contributed by atoms with Gasteiger partial charge in [0.1, 0.15) is 0 Å². The van der Waals surface area contributed by atoms with Crippen LogP contribution in [0.4, 0.5) is 5.69 Å². The van der Waals surface area contributed by atoms with Crippen molar-refractivity contribution < 1.29 is 4.74 Å². The summed E-state index contributed by atoms with van der Waals surface area (Å²) in [6, 6.07) is 6.29. The topological polar surface area (TPSA) is 59.6 Å². The maximum Gasteiger partial charge on any atom is 0.193 e. The molecule has 0 unspecified atom stereocenters. The van der Waals surface area contributed by atoms with Crippen LogP contribution in [0, 0.1) is 19.3 Å². The molecule has 0 amide bonds. The van der Waals surface area contributed by atoms with Crippen molar-refractivity contribution >= 4 is 35.6 Å².